The molecule has 7 heteroatoms. The first-order chi connectivity index (χ1) is 8.49. The number of hydrogen-bond acceptors (Lipinski definition) is 2. The van der Waals surface area contributed by atoms with E-state index in [1.807, 2.05) is 0 Å². The highest BCUT2D eigenvalue weighted by Gasteiger charge is 2.32. The third kappa shape index (κ3) is 3.20. The zero-order chi connectivity index (χ0) is 13.3. The quantitative estimate of drug-likeness (QED) is 0.906. The molecule has 0 bridgehead atoms. The van der Waals surface area contributed by atoms with Gasteiger partial charge in [0.05, 0.1) is 11.5 Å². The molecule has 0 aromatic heterocycles. The molecule has 0 radical (unpaired) electrons. The monoisotopic (exact) mass is 291 g/mol. The molecule has 1 amide bonds. The molecule has 1 aliphatic heterocycles. The molecular formula is C12H12ClF2NO3. The largest absolute Gasteiger partial charge is 0.481 e. The van der Waals surface area contributed by atoms with Gasteiger partial charge in [0.2, 0.25) is 0 Å². The molecule has 1 atom stereocenters. The molecule has 1 aromatic rings. The Kier molecular flexibility index (Phi) is 4.83. The molecule has 0 spiro atoms. The Bertz CT molecular complexity index is 510. The maximum Gasteiger partial charge on any atom is 0.308 e. The Morgan fingerprint density at radius 1 is 1.32 bits per heavy atom. The first-order valence-corrected chi connectivity index (χ1v) is 5.46. The van der Waals surface area contributed by atoms with Crippen molar-refractivity contribution in [2.75, 3.05) is 13.1 Å². The number of carboxylic acids is 1. The Morgan fingerprint density at radius 3 is 2.53 bits per heavy atom. The van der Waals surface area contributed by atoms with E-state index in [1.54, 1.807) is 0 Å². The summed E-state index contributed by atoms with van der Waals surface area (Å²) in [5.74, 6) is -3.87. The molecule has 1 aromatic carbocycles. The summed E-state index contributed by atoms with van der Waals surface area (Å²) >= 11 is 0. The number of carbonyl (C=O) groups is 2. The van der Waals surface area contributed by atoms with Gasteiger partial charge < -0.3 is 10.0 Å². The summed E-state index contributed by atoms with van der Waals surface area (Å²) in [6.45, 7) is 0.331. The van der Waals surface area contributed by atoms with Crippen LogP contribution < -0.4 is 0 Å². The summed E-state index contributed by atoms with van der Waals surface area (Å²) in [5.41, 5.74) is -0.234. The predicted octanol–water partition coefficient (Wildman–Crippen LogP) is 1.93. The maximum atomic E-state index is 13.4. The lowest BCUT2D eigenvalue weighted by Crippen LogP contribution is -2.30. The fraction of sp³-hybridized carbons (Fsp3) is 0.333. The minimum Gasteiger partial charge on any atom is -0.481 e. The lowest BCUT2D eigenvalue weighted by atomic mass is 10.1. The van der Waals surface area contributed by atoms with Crippen molar-refractivity contribution in [2.45, 2.75) is 6.42 Å². The second kappa shape index (κ2) is 5.97. The normalized spacial score (nSPS) is 18.0. The van der Waals surface area contributed by atoms with Crippen LogP contribution in [-0.2, 0) is 4.79 Å². The van der Waals surface area contributed by atoms with Crippen molar-refractivity contribution in [1.82, 2.24) is 4.90 Å². The molecule has 19 heavy (non-hydrogen) atoms. The van der Waals surface area contributed by atoms with Gasteiger partial charge in [-0.3, -0.25) is 9.59 Å². The summed E-state index contributed by atoms with van der Waals surface area (Å²) in [7, 11) is 0. The maximum absolute atomic E-state index is 13.4. The average Bonchev–Trinajstić information content (AvgIpc) is 2.77. The van der Waals surface area contributed by atoms with Gasteiger partial charge in [-0.05, 0) is 18.6 Å². The zero-order valence-electron chi connectivity index (χ0n) is 9.81. The first-order valence-electron chi connectivity index (χ1n) is 5.46. The third-order valence-electron chi connectivity index (χ3n) is 2.99. The lowest BCUT2D eigenvalue weighted by molar-refractivity contribution is -0.141. The minimum absolute atomic E-state index is 0. The van der Waals surface area contributed by atoms with E-state index >= 15 is 0 Å². The Morgan fingerprint density at radius 2 is 2.00 bits per heavy atom. The van der Waals surface area contributed by atoms with Crippen molar-refractivity contribution in [3.63, 3.8) is 0 Å². The summed E-state index contributed by atoms with van der Waals surface area (Å²) in [5, 5.41) is 8.81. The number of halogens is 3. The number of likely N-dealkylation sites (tertiary alicyclic amines) is 1. The Hall–Kier alpha value is -1.69. The highest BCUT2D eigenvalue weighted by atomic mass is 35.5. The number of rotatable bonds is 2. The SMILES string of the molecule is Cl.O=C(O)C1CCN(C(=O)c2ccc(F)cc2F)C1. The van der Waals surface area contributed by atoms with Crippen molar-refractivity contribution in [3.05, 3.63) is 35.4 Å². The number of carbonyl (C=O) groups excluding carboxylic acids is 1. The van der Waals surface area contributed by atoms with Crippen LogP contribution in [0.15, 0.2) is 18.2 Å². The smallest absolute Gasteiger partial charge is 0.308 e. The molecule has 0 saturated carbocycles. The van der Waals surface area contributed by atoms with Gasteiger partial charge >= 0.3 is 5.97 Å². The minimum atomic E-state index is -0.968. The Balaban J connectivity index is 0.00000180. The van der Waals surface area contributed by atoms with Crippen LogP contribution in [0.1, 0.15) is 16.8 Å². The molecule has 1 unspecified atom stereocenters. The number of benzene rings is 1. The molecule has 104 valence electrons. The van der Waals surface area contributed by atoms with Crippen LogP contribution in [0.25, 0.3) is 0 Å². The van der Waals surface area contributed by atoms with Gasteiger partial charge in [0.15, 0.2) is 0 Å². The second-order valence-electron chi connectivity index (χ2n) is 4.20. The van der Waals surface area contributed by atoms with Crippen LogP contribution in [-0.4, -0.2) is 35.0 Å². The standard InChI is InChI=1S/C12H11F2NO3.ClH/c13-8-1-2-9(10(14)5-8)11(16)15-4-3-7(6-15)12(17)18;/h1-2,5,7H,3-4,6H2,(H,17,18);1H. The molecule has 1 aliphatic rings. The van der Waals surface area contributed by atoms with Crippen molar-refractivity contribution in [2.24, 2.45) is 5.92 Å². The molecular weight excluding hydrogens is 280 g/mol. The van der Waals surface area contributed by atoms with E-state index in [9.17, 15) is 18.4 Å². The predicted molar refractivity (Wildman–Crippen MR) is 65.3 cm³/mol. The van der Waals surface area contributed by atoms with Crippen LogP contribution in [0.3, 0.4) is 0 Å². The lowest BCUT2D eigenvalue weighted by Gasteiger charge is -2.16. The fourth-order valence-corrected chi connectivity index (χ4v) is 1.98. The summed E-state index contributed by atoms with van der Waals surface area (Å²) < 4.78 is 26.1. The number of hydrogen-bond donors (Lipinski definition) is 1. The van der Waals surface area contributed by atoms with E-state index in [4.69, 9.17) is 5.11 Å². The van der Waals surface area contributed by atoms with Crippen LogP contribution in [0.4, 0.5) is 8.78 Å². The number of nitrogens with zero attached hydrogens (tertiary/aromatic N) is 1. The second-order valence-corrected chi connectivity index (χ2v) is 4.20. The molecule has 1 heterocycles. The number of carboxylic acid groups (broad SMARTS) is 1. The van der Waals surface area contributed by atoms with Crippen LogP contribution in [0, 0.1) is 17.6 Å². The van der Waals surface area contributed by atoms with E-state index in [0.29, 0.717) is 12.5 Å². The number of aliphatic carboxylic acids is 1. The zero-order valence-corrected chi connectivity index (χ0v) is 10.6. The summed E-state index contributed by atoms with van der Waals surface area (Å²) in [6, 6.07) is 2.71. The van der Waals surface area contributed by atoms with E-state index in [2.05, 4.69) is 0 Å². The van der Waals surface area contributed by atoms with Gasteiger partial charge in [0.1, 0.15) is 11.6 Å². The molecule has 1 N–H and O–H groups in total. The van der Waals surface area contributed by atoms with E-state index < -0.39 is 29.4 Å². The van der Waals surface area contributed by atoms with Crippen LogP contribution in [0.5, 0.6) is 0 Å². The Labute approximate surface area is 114 Å². The van der Waals surface area contributed by atoms with Gasteiger partial charge in [-0.15, -0.1) is 12.4 Å². The average molecular weight is 292 g/mol. The first kappa shape index (κ1) is 15.4. The highest BCUT2D eigenvalue weighted by molar-refractivity contribution is 5.95. The van der Waals surface area contributed by atoms with Crippen LogP contribution in [0.2, 0.25) is 0 Å². The summed E-state index contributed by atoms with van der Waals surface area (Å²) in [4.78, 5) is 23.9. The van der Waals surface area contributed by atoms with Crippen LogP contribution >= 0.6 is 12.4 Å². The molecule has 2 rings (SSSR count). The highest BCUT2D eigenvalue weighted by Crippen LogP contribution is 2.20. The van der Waals surface area contributed by atoms with Gasteiger partial charge in [0, 0.05) is 19.2 Å². The van der Waals surface area contributed by atoms with Crippen molar-refractivity contribution in [3.8, 4) is 0 Å². The topological polar surface area (TPSA) is 57.6 Å². The van der Waals surface area contributed by atoms with E-state index in [0.717, 1.165) is 12.1 Å². The third-order valence-corrected chi connectivity index (χ3v) is 2.99. The van der Waals surface area contributed by atoms with Crippen molar-refractivity contribution in [1.29, 1.82) is 0 Å². The van der Waals surface area contributed by atoms with E-state index in [1.165, 1.54) is 4.90 Å². The van der Waals surface area contributed by atoms with Gasteiger partial charge in [0.25, 0.3) is 5.91 Å². The van der Waals surface area contributed by atoms with Crippen molar-refractivity contribution >= 4 is 24.3 Å². The van der Waals surface area contributed by atoms with Gasteiger partial charge in [-0.1, -0.05) is 0 Å². The molecule has 4 nitrogen and oxygen atoms in total. The summed E-state index contributed by atoms with van der Waals surface area (Å²) in [6.07, 6.45) is 0.351. The van der Waals surface area contributed by atoms with E-state index in [-0.39, 0.29) is 31.1 Å². The van der Waals surface area contributed by atoms with Gasteiger partial charge in [-0.25, -0.2) is 8.78 Å². The number of amides is 1. The molecule has 0 aliphatic carbocycles. The van der Waals surface area contributed by atoms with Gasteiger partial charge in [-0.2, -0.15) is 0 Å². The molecule has 1 saturated heterocycles. The fourth-order valence-electron chi connectivity index (χ4n) is 1.98. The molecule has 1 fully saturated rings. The van der Waals surface area contributed by atoms with Crippen molar-refractivity contribution < 1.29 is 23.5 Å².